The molecule has 0 saturated carbocycles. The van der Waals surface area contributed by atoms with Crippen molar-refractivity contribution in [3.63, 3.8) is 0 Å². The number of carbonyl (C=O) groups is 2. The summed E-state index contributed by atoms with van der Waals surface area (Å²) >= 11 is 0. The molecule has 10 heteroatoms. The molecule has 0 fully saturated rings. The standard InChI is InChI=1S/C21H19N3O6S/c1-29-17-8-10-18(11-9-17)31(27,28)24-20(25)16-7-12-19(22-14-16)30-21(26)23-13-15-5-3-2-4-6-15/h2-12,14H,13H2,1H3,(H,23,26)(H,24,25). The molecule has 2 aromatic carbocycles. The second kappa shape index (κ2) is 9.72. The summed E-state index contributed by atoms with van der Waals surface area (Å²) < 4.78 is 36.7. The van der Waals surface area contributed by atoms with E-state index >= 15 is 0 Å². The topological polar surface area (TPSA) is 124 Å². The van der Waals surface area contributed by atoms with Crippen molar-refractivity contribution in [2.45, 2.75) is 11.4 Å². The van der Waals surface area contributed by atoms with E-state index in [1.165, 1.54) is 43.5 Å². The highest BCUT2D eigenvalue weighted by molar-refractivity contribution is 7.90. The number of pyridine rings is 1. The number of ether oxygens (including phenoxy) is 2. The number of aromatic nitrogens is 1. The molecule has 0 spiro atoms. The molecule has 0 aliphatic heterocycles. The molecule has 0 aliphatic carbocycles. The minimum atomic E-state index is -4.07. The lowest BCUT2D eigenvalue weighted by Gasteiger charge is -2.08. The van der Waals surface area contributed by atoms with Crippen molar-refractivity contribution in [2.75, 3.05) is 7.11 Å². The first-order chi connectivity index (χ1) is 14.9. The Balaban J connectivity index is 1.57. The maximum Gasteiger partial charge on any atom is 0.414 e. The Hall–Kier alpha value is -3.92. The Morgan fingerprint density at radius 3 is 2.29 bits per heavy atom. The lowest BCUT2D eigenvalue weighted by molar-refractivity contribution is 0.0981. The maximum absolute atomic E-state index is 12.3. The van der Waals surface area contributed by atoms with Gasteiger partial charge in [-0.25, -0.2) is 22.9 Å². The number of nitrogens with zero attached hydrogens (tertiary/aromatic N) is 1. The molecule has 9 nitrogen and oxygen atoms in total. The Kier molecular flexibility index (Phi) is 6.83. The van der Waals surface area contributed by atoms with Gasteiger partial charge in [0.05, 0.1) is 17.6 Å². The number of hydrogen-bond acceptors (Lipinski definition) is 7. The third-order valence-corrected chi connectivity index (χ3v) is 5.42. The fourth-order valence-electron chi connectivity index (χ4n) is 2.47. The Morgan fingerprint density at radius 1 is 0.968 bits per heavy atom. The van der Waals surface area contributed by atoms with Crippen molar-refractivity contribution in [1.82, 2.24) is 15.0 Å². The van der Waals surface area contributed by atoms with Crippen LogP contribution in [0.15, 0.2) is 77.8 Å². The Morgan fingerprint density at radius 2 is 1.68 bits per heavy atom. The van der Waals surface area contributed by atoms with Crippen LogP contribution < -0.4 is 19.5 Å². The number of nitrogens with one attached hydrogen (secondary N) is 2. The molecule has 0 radical (unpaired) electrons. The summed E-state index contributed by atoms with van der Waals surface area (Å²) in [5.74, 6) is -0.429. The van der Waals surface area contributed by atoms with Crippen molar-refractivity contribution < 1.29 is 27.5 Å². The average molecular weight is 441 g/mol. The molecule has 1 aromatic heterocycles. The van der Waals surface area contributed by atoms with E-state index in [0.717, 1.165) is 11.8 Å². The van der Waals surface area contributed by atoms with E-state index in [1.807, 2.05) is 35.1 Å². The summed E-state index contributed by atoms with van der Waals surface area (Å²) in [6, 6.07) is 17.4. The molecule has 160 valence electrons. The van der Waals surface area contributed by atoms with E-state index in [0.29, 0.717) is 5.75 Å². The van der Waals surface area contributed by atoms with Gasteiger partial charge in [0.1, 0.15) is 5.75 Å². The minimum Gasteiger partial charge on any atom is -0.497 e. The number of carbonyl (C=O) groups excluding carboxylic acids is 2. The molecule has 31 heavy (non-hydrogen) atoms. The summed E-state index contributed by atoms with van der Waals surface area (Å²) in [5.41, 5.74) is 0.881. The van der Waals surface area contributed by atoms with E-state index in [2.05, 4.69) is 10.3 Å². The second-order valence-corrected chi connectivity index (χ2v) is 7.91. The zero-order valence-electron chi connectivity index (χ0n) is 16.4. The van der Waals surface area contributed by atoms with Crippen LogP contribution in [0.1, 0.15) is 15.9 Å². The van der Waals surface area contributed by atoms with Gasteiger partial charge in [-0.05, 0) is 35.9 Å². The normalized spacial score (nSPS) is 10.7. The summed E-state index contributed by atoms with van der Waals surface area (Å²) in [7, 11) is -2.62. The molecule has 3 aromatic rings. The first kappa shape index (κ1) is 21.8. The molecule has 3 rings (SSSR count). The van der Waals surface area contributed by atoms with E-state index in [9.17, 15) is 18.0 Å². The molecule has 2 amide bonds. The van der Waals surface area contributed by atoms with E-state index < -0.39 is 22.0 Å². The fraction of sp³-hybridized carbons (Fsp3) is 0.0952. The van der Waals surface area contributed by atoms with Gasteiger partial charge in [-0.3, -0.25) is 4.79 Å². The highest BCUT2D eigenvalue weighted by atomic mass is 32.2. The zero-order chi connectivity index (χ0) is 22.3. The number of benzene rings is 2. The molecule has 0 saturated heterocycles. The zero-order valence-corrected chi connectivity index (χ0v) is 17.3. The largest absolute Gasteiger partial charge is 0.497 e. The first-order valence-electron chi connectivity index (χ1n) is 9.04. The minimum absolute atomic E-state index is 0.0193. The lowest BCUT2D eigenvalue weighted by Crippen LogP contribution is -2.30. The Labute approximate surface area is 179 Å². The highest BCUT2D eigenvalue weighted by Crippen LogP contribution is 2.16. The molecule has 0 unspecified atom stereocenters. The van der Waals surface area contributed by atoms with Gasteiger partial charge in [-0.2, -0.15) is 0 Å². The molecule has 0 atom stereocenters. The van der Waals surface area contributed by atoms with E-state index in [-0.39, 0.29) is 22.9 Å². The van der Waals surface area contributed by atoms with Crippen LogP contribution in [0, 0.1) is 0 Å². The maximum atomic E-state index is 12.3. The molecular formula is C21H19N3O6S. The van der Waals surface area contributed by atoms with Crippen LogP contribution in [-0.2, 0) is 16.6 Å². The smallest absolute Gasteiger partial charge is 0.414 e. The van der Waals surface area contributed by atoms with Crippen LogP contribution in [0.4, 0.5) is 4.79 Å². The van der Waals surface area contributed by atoms with Gasteiger partial charge in [0.2, 0.25) is 5.88 Å². The molecule has 1 heterocycles. The highest BCUT2D eigenvalue weighted by Gasteiger charge is 2.19. The summed E-state index contributed by atoms with van der Waals surface area (Å²) in [6.45, 7) is 0.281. The van der Waals surface area contributed by atoms with Gasteiger partial charge in [-0.1, -0.05) is 30.3 Å². The predicted molar refractivity (Wildman–Crippen MR) is 111 cm³/mol. The quantitative estimate of drug-likeness (QED) is 0.577. The first-order valence-corrected chi connectivity index (χ1v) is 10.5. The predicted octanol–water partition coefficient (Wildman–Crippen LogP) is 2.50. The third kappa shape index (κ3) is 6.03. The third-order valence-electron chi connectivity index (χ3n) is 4.07. The van der Waals surface area contributed by atoms with Crippen molar-refractivity contribution in [2.24, 2.45) is 0 Å². The van der Waals surface area contributed by atoms with Crippen LogP contribution >= 0.6 is 0 Å². The van der Waals surface area contributed by atoms with Gasteiger partial charge < -0.3 is 14.8 Å². The van der Waals surface area contributed by atoms with Gasteiger partial charge in [0.25, 0.3) is 15.9 Å². The molecule has 2 N–H and O–H groups in total. The number of sulfonamides is 1. The average Bonchev–Trinajstić information content (AvgIpc) is 2.78. The van der Waals surface area contributed by atoms with Crippen LogP contribution in [0.25, 0.3) is 0 Å². The van der Waals surface area contributed by atoms with Gasteiger partial charge in [-0.15, -0.1) is 0 Å². The fourth-order valence-corrected chi connectivity index (χ4v) is 3.45. The van der Waals surface area contributed by atoms with Crippen molar-refractivity contribution in [1.29, 1.82) is 0 Å². The molecule has 0 aliphatic rings. The monoisotopic (exact) mass is 441 g/mol. The summed E-state index contributed by atoms with van der Waals surface area (Å²) in [5, 5.41) is 2.57. The second-order valence-electron chi connectivity index (χ2n) is 6.22. The molecular weight excluding hydrogens is 422 g/mol. The van der Waals surface area contributed by atoms with Gasteiger partial charge in [0.15, 0.2) is 0 Å². The SMILES string of the molecule is COc1ccc(S(=O)(=O)NC(=O)c2ccc(OC(=O)NCc3ccccc3)nc2)cc1. The van der Waals surface area contributed by atoms with Gasteiger partial charge >= 0.3 is 6.09 Å². The number of hydrogen-bond donors (Lipinski definition) is 2. The Bertz CT molecular complexity index is 1150. The lowest BCUT2D eigenvalue weighted by atomic mass is 10.2. The summed E-state index contributed by atoms with van der Waals surface area (Å²) in [4.78, 5) is 27.9. The molecule has 0 bridgehead atoms. The summed E-state index contributed by atoms with van der Waals surface area (Å²) in [6.07, 6.45) is 0.397. The van der Waals surface area contributed by atoms with E-state index in [4.69, 9.17) is 9.47 Å². The van der Waals surface area contributed by atoms with E-state index in [1.54, 1.807) is 0 Å². The van der Waals surface area contributed by atoms with Crippen LogP contribution in [0.2, 0.25) is 0 Å². The van der Waals surface area contributed by atoms with Crippen LogP contribution in [-0.4, -0.2) is 32.5 Å². The van der Waals surface area contributed by atoms with Crippen LogP contribution in [0.3, 0.4) is 0 Å². The van der Waals surface area contributed by atoms with Crippen molar-refractivity contribution in [3.8, 4) is 11.6 Å². The van der Waals surface area contributed by atoms with Crippen LogP contribution in [0.5, 0.6) is 11.6 Å². The van der Waals surface area contributed by atoms with Gasteiger partial charge in [0, 0.05) is 18.8 Å². The number of rotatable bonds is 7. The van der Waals surface area contributed by atoms with Crippen molar-refractivity contribution in [3.05, 3.63) is 84.1 Å². The van der Waals surface area contributed by atoms with Crippen molar-refractivity contribution >= 4 is 22.0 Å². The number of amides is 2. The number of methoxy groups -OCH3 is 1.